The molecule has 2 nitrogen and oxygen atoms in total. The summed E-state index contributed by atoms with van der Waals surface area (Å²) >= 11 is 0. The topological polar surface area (TPSA) is 15.3 Å². The SMILES string of the molecule is CCCN(CCC(C)(C)C)CC1CCCCN1. The molecule has 1 aliphatic heterocycles. The van der Waals surface area contributed by atoms with Crippen molar-refractivity contribution in [1.82, 2.24) is 10.2 Å². The highest BCUT2D eigenvalue weighted by molar-refractivity contribution is 4.77. The summed E-state index contributed by atoms with van der Waals surface area (Å²) in [5.41, 5.74) is 0.464. The van der Waals surface area contributed by atoms with E-state index >= 15 is 0 Å². The Morgan fingerprint density at radius 2 is 1.94 bits per heavy atom. The Bertz CT molecular complexity index is 190. The van der Waals surface area contributed by atoms with Crippen molar-refractivity contribution in [1.29, 1.82) is 0 Å². The molecule has 0 amide bonds. The Kier molecular flexibility index (Phi) is 6.50. The van der Waals surface area contributed by atoms with E-state index in [-0.39, 0.29) is 0 Å². The number of hydrogen-bond donors (Lipinski definition) is 1. The summed E-state index contributed by atoms with van der Waals surface area (Å²) in [7, 11) is 0. The Balaban J connectivity index is 2.31. The highest BCUT2D eigenvalue weighted by Crippen LogP contribution is 2.19. The van der Waals surface area contributed by atoms with Crippen LogP contribution in [0.15, 0.2) is 0 Å². The van der Waals surface area contributed by atoms with Crippen LogP contribution in [0.3, 0.4) is 0 Å². The van der Waals surface area contributed by atoms with Gasteiger partial charge in [0.15, 0.2) is 0 Å². The molecule has 0 aromatic rings. The minimum atomic E-state index is 0.464. The first-order valence-electron chi connectivity index (χ1n) is 7.47. The minimum Gasteiger partial charge on any atom is -0.313 e. The first-order valence-corrected chi connectivity index (χ1v) is 7.47. The summed E-state index contributed by atoms with van der Waals surface area (Å²) in [5, 5.41) is 3.66. The molecule has 0 bridgehead atoms. The third-order valence-electron chi connectivity index (χ3n) is 3.61. The summed E-state index contributed by atoms with van der Waals surface area (Å²) < 4.78 is 0. The largest absolute Gasteiger partial charge is 0.313 e. The maximum atomic E-state index is 3.66. The first kappa shape index (κ1) is 15.0. The highest BCUT2D eigenvalue weighted by atomic mass is 15.1. The Morgan fingerprint density at radius 3 is 2.47 bits per heavy atom. The maximum Gasteiger partial charge on any atom is 0.0195 e. The lowest BCUT2D eigenvalue weighted by Gasteiger charge is -2.32. The predicted octanol–water partition coefficient (Wildman–Crippen LogP) is 3.28. The van der Waals surface area contributed by atoms with Gasteiger partial charge in [0.25, 0.3) is 0 Å². The van der Waals surface area contributed by atoms with Crippen molar-refractivity contribution in [3.8, 4) is 0 Å². The van der Waals surface area contributed by atoms with Crippen LogP contribution in [0.5, 0.6) is 0 Å². The van der Waals surface area contributed by atoms with E-state index in [1.165, 1.54) is 58.3 Å². The van der Waals surface area contributed by atoms with E-state index in [9.17, 15) is 0 Å². The lowest BCUT2D eigenvalue weighted by molar-refractivity contribution is 0.196. The van der Waals surface area contributed by atoms with E-state index in [0.717, 1.165) is 6.04 Å². The highest BCUT2D eigenvalue weighted by Gasteiger charge is 2.18. The fourth-order valence-electron chi connectivity index (χ4n) is 2.50. The van der Waals surface area contributed by atoms with Gasteiger partial charge in [-0.1, -0.05) is 34.1 Å². The minimum absolute atomic E-state index is 0.464. The van der Waals surface area contributed by atoms with Crippen LogP contribution in [0, 0.1) is 5.41 Å². The standard InChI is InChI=1S/C15H32N2/c1-5-11-17(12-9-15(2,3)4)13-14-8-6-7-10-16-14/h14,16H,5-13H2,1-4H3. The molecular weight excluding hydrogens is 208 g/mol. The Morgan fingerprint density at radius 1 is 1.18 bits per heavy atom. The first-order chi connectivity index (χ1) is 8.01. The van der Waals surface area contributed by atoms with Gasteiger partial charge >= 0.3 is 0 Å². The number of nitrogens with one attached hydrogen (secondary N) is 1. The summed E-state index contributed by atoms with van der Waals surface area (Å²) in [4.78, 5) is 2.66. The van der Waals surface area contributed by atoms with Gasteiger partial charge in [0, 0.05) is 12.6 Å². The quantitative estimate of drug-likeness (QED) is 0.766. The van der Waals surface area contributed by atoms with Crippen LogP contribution in [0.2, 0.25) is 0 Å². The lowest BCUT2D eigenvalue weighted by Crippen LogP contribution is -2.44. The molecule has 1 N–H and O–H groups in total. The van der Waals surface area contributed by atoms with Crippen molar-refractivity contribution in [2.75, 3.05) is 26.2 Å². The van der Waals surface area contributed by atoms with E-state index in [0.29, 0.717) is 5.41 Å². The fraction of sp³-hybridized carbons (Fsp3) is 1.00. The number of hydrogen-bond acceptors (Lipinski definition) is 2. The molecule has 0 saturated carbocycles. The third kappa shape index (κ3) is 7.05. The van der Waals surface area contributed by atoms with Gasteiger partial charge in [0.2, 0.25) is 0 Å². The van der Waals surface area contributed by atoms with Gasteiger partial charge in [-0.2, -0.15) is 0 Å². The van der Waals surface area contributed by atoms with Crippen LogP contribution in [0.25, 0.3) is 0 Å². The molecule has 0 spiro atoms. The van der Waals surface area contributed by atoms with Crippen molar-refractivity contribution in [3.05, 3.63) is 0 Å². The van der Waals surface area contributed by atoms with Gasteiger partial charge < -0.3 is 10.2 Å². The molecule has 1 fully saturated rings. The fourth-order valence-corrected chi connectivity index (χ4v) is 2.50. The van der Waals surface area contributed by atoms with Crippen molar-refractivity contribution >= 4 is 0 Å². The summed E-state index contributed by atoms with van der Waals surface area (Å²) in [5.74, 6) is 0. The lowest BCUT2D eigenvalue weighted by atomic mass is 9.92. The van der Waals surface area contributed by atoms with Gasteiger partial charge in [-0.05, 0) is 50.7 Å². The zero-order chi connectivity index (χ0) is 12.7. The summed E-state index contributed by atoms with van der Waals surface area (Å²) in [6.45, 7) is 14.3. The molecule has 2 heteroatoms. The number of piperidine rings is 1. The van der Waals surface area contributed by atoms with Crippen LogP contribution in [-0.2, 0) is 0 Å². The zero-order valence-corrected chi connectivity index (χ0v) is 12.4. The van der Waals surface area contributed by atoms with Gasteiger partial charge in [-0.15, -0.1) is 0 Å². The molecular formula is C15H32N2. The van der Waals surface area contributed by atoms with Gasteiger partial charge in [-0.25, -0.2) is 0 Å². The Hall–Kier alpha value is -0.0800. The second-order valence-electron chi connectivity index (χ2n) is 6.76. The van der Waals surface area contributed by atoms with Crippen LogP contribution >= 0.6 is 0 Å². The van der Waals surface area contributed by atoms with E-state index in [2.05, 4.69) is 37.9 Å². The number of rotatable bonds is 6. The van der Waals surface area contributed by atoms with Crippen molar-refractivity contribution in [2.24, 2.45) is 5.41 Å². The van der Waals surface area contributed by atoms with Crippen molar-refractivity contribution in [3.63, 3.8) is 0 Å². The molecule has 1 unspecified atom stereocenters. The van der Waals surface area contributed by atoms with E-state index in [1.54, 1.807) is 0 Å². The molecule has 0 radical (unpaired) electrons. The second kappa shape index (κ2) is 7.38. The zero-order valence-electron chi connectivity index (χ0n) is 12.4. The average Bonchev–Trinajstić information content (AvgIpc) is 2.27. The predicted molar refractivity (Wildman–Crippen MR) is 76.4 cm³/mol. The number of nitrogens with zero attached hydrogens (tertiary/aromatic N) is 1. The summed E-state index contributed by atoms with van der Waals surface area (Å²) in [6, 6.07) is 0.746. The molecule has 1 heterocycles. The van der Waals surface area contributed by atoms with Crippen molar-refractivity contribution < 1.29 is 0 Å². The van der Waals surface area contributed by atoms with E-state index < -0.39 is 0 Å². The van der Waals surface area contributed by atoms with Crippen LogP contribution in [-0.4, -0.2) is 37.1 Å². The monoisotopic (exact) mass is 240 g/mol. The van der Waals surface area contributed by atoms with E-state index in [4.69, 9.17) is 0 Å². The molecule has 0 aliphatic carbocycles. The average molecular weight is 240 g/mol. The molecule has 102 valence electrons. The normalized spacial score (nSPS) is 22.1. The van der Waals surface area contributed by atoms with Gasteiger partial charge in [0.05, 0.1) is 0 Å². The maximum absolute atomic E-state index is 3.66. The summed E-state index contributed by atoms with van der Waals surface area (Å²) in [6.07, 6.45) is 6.73. The van der Waals surface area contributed by atoms with Crippen LogP contribution in [0.4, 0.5) is 0 Å². The smallest absolute Gasteiger partial charge is 0.0195 e. The molecule has 0 aromatic heterocycles. The third-order valence-corrected chi connectivity index (χ3v) is 3.61. The van der Waals surface area contributed by atoms with E-state index in [1.807, 2.05) is 0 Å². The molecule has 1 atom stereocenters. The van der Waals surface area contributed by atoms with Crippen LogP contribution < -0.4 is 5.32 Å². The molecule has 1 aliphatic rings. The van der Waals surface area contributed by atoms with Crippen LogP contribution in [0.1, 0.15) is 59.8 Å². The van der Waals surface area contributed by atoms with Crippen molar-refractivity contribution in [2.45, 2.75) is 65.8 Å². The van der Waals surface area contributed by atoms with Gasteiger partial charge in [0.1, 0.15) is 0 Å². The second-order valence-corrected chi connectivity index (χ2v) is 6.76. The molecule has 1 rings (SSSR count). The molecule has 1 saturated heterocycles. The Labute approximate surface area is 108 Å². The molecule has 17 heavy (non-hydrogen) atoms. The van der Waals surface area contributed by atoms with Gasteiger partial charge in [-0.3, -0.25) is 0 Å². The molecule has 0 aromatic carbocycles.